The molecule has 1 aromatic rings. The Morgan fingerprint density at radius 3 is 2.87 bits per heavy atom. The highest BCUT2D eigenvalue weighted by Crippen LogP contribution is 2.12. The molecule has 1 aliphatic heterocycles. The molecule has 6 heteroatoms. The molecule has 0 spiro atoms. The number of amides is 2. The van der Waals surface area contributed by atoms with Gasteiger partial charge in [0.15, 0.2) is 0 Å². The predicted molar refractivity (Wildman–Crippen MR) is 90.0 cm³/mol. The summed E-state index contributed by atoms with van der Waals surface area (Å²) in [6.07, 6.45) is 4.73. The van der Waals surface area contributed by atoms with Gasteiger partial charge in [0, 0.05) is 38.4 Å². The van der Waals surface area contributed by atoms with Crippen LogP contribution in [0.5, 0.6) is 0 Å². The van der Waals surface area contributed by atoms with E-state index in [1.54, 1.807) is 0 Å². The van der Waals surface area contributed by atoms with E-state index in [9.17, 15) is 9.90 Å². The third-order valence-corrected chi connectivity index (χ3v) is 4.27. The second kappa shape index (κ2) is 9.47. The van der Waals surface area contributed by atoms with Crippen LogP contribution in [0.4, 0.5) is 4.79 Å². The summed E-state index contributed by atoms with van der Waals surface area (Å²) < 4.78 is 0. The Hall–Kier alpha value is -1.66. The van der Waals surface area contributed by atoms with Gasteiger partial charge in [-0.25, -0.2) is 4.79 Å². The average molecular weight is 320 g/mol. The molecule has 0 saturated carbocycles. The molecule has 6 nitrogen and oxygen atoms in total. The lowest BCUT2D eigenvalue weighted by atomic mass is 10.1. The molecule has 1 unspecified atom stereocenters. The third kappa shape index (κ3) is 6.54. The van der Waals surface area contributed by atoms with Crippen molar-refractivity contribution in [3.05, 3.63) is 30.1 Å². The Bertz CT molecular complexity index is 461. The molecule has 0 aliphatic carbocycles. The van der Waals surface area contributed by atoms with E-state index in [1.165, 1.54) is 0 Å². The van der Waals surface area contributed by atoms with Crippen LogP contribution in [0.1, 0.15) is 38.3 Å². The fraction of sp³-hybridized carbons (Fsp3) is 0.647. The predicted octanol–water partition coefficient (Wildman–Crippen LogP) is 1.51. The van der Waals surface area contributed by atoms with Gasteiger partial charge in [-0.3, -0.25) is 9.88 Å². The minimum absolute atomic E-state index is 0.128. The number of nitrogens with zero attached hydrogens (tertiary/aromatic N) is 2. The third-order valence-electron chi connectivity index (χ3n) is 4.27. The first-order valence-electron chi connectivity index (χ1n) is 8.52. The summed E-state index contributed by atoms with van der Waals surface area (Å²) in [5.41, 5.74) is 1.09. The molecule has 2 amide bonds. The van der Waals surface area contributed by atoms with Gasteiger partial charge in [-0.2, -0.15) is 0 Å². The number of piperidine rings is 1. The van der Waals surface area contributed by atoms with Crippen molar-refractivity contribution < 1.29 is 9.90 Å². The Morgan fingerprint density at radius 1 is 1.43 bits per heavy atom. The number of aliphatic hydroxyl groups excluding tert-OH is 1. The van der Waals surface area contributed by atoms with Crippen LogP contribution in [0.25, 0.3) is 0 Å². The standard InChI is InChI=1S/C17H28N4O2/c1-2-16(22)6-10-19-17(23)20-14-7-11-21(12-8-14)13-15-5-3-4-9-18-15/h3-5,9,14,16,22H,2,6-8,10-13H2,1H3,(H2,19,20,23). The second-order valence-corrected chi connectivity index (χ2v) is 6.12. The van der Waals surface area contributed by atoms with Crippen LogP contribution < -0.4 is 10.6 Å². The molecule has 23 heavy (non-hydrogen) atoms. The summed E-state index contributed by atoms with van der Waals surface area (Å²) in [7, 11) is 0. The lowest BCUT2D eigenvalue weighted by Gasteiger charge is -2.32. The van der Waals surface area contributed by atoms with Gasteiger partial charge < -0.3 is 15.7 Å². The van der Waals surface area contributed by atoms with Gasteiger partial charge in [-0.15, -0.1) is 0 Å². The highest BCUT2D eigenvalue weighted by Gasteiger charge is 2.20. The molecule has 3 N–H and O–H groups in total. The normalized spacial score (nSPS) is 17.7. The van der Waals surface area contributed by atoms with Crippen molar-refractivity contribution in [1.29, 1.82) is 0 Å². The zero-order valence-electron chi connectivity index (χ0n) is 13.9. The molecule has 2 heterocycles. The quantitative estimate of drug-likeness (QED) is 0.711. The van der Waals surface area contributed by atoms with E-state index in [0.29, 0.717) is 13.0 Å². The number of nitrogens with one attached hydrogen (secondary N) is 2. The lowest BCUT2D eigenvalue weighted by molar-refractivity contribution is 0.159. The van der Waals surface area contributed by atoms with E-state index in [-0.39, 0.29) is 18.2 Å². The van der Waals surface area contributed by atoms with Crippen LogP contribution in [0.3, 0.4) is 0 Å². The van der Waals surface area contributed by atoms with Crippen LogP contribution in [0.15, 0.2) is 24.4 Å². The lowest BCUT2D eigenvalue weighted by Crippen LogP contribution is -2.48. The van der Waals surface area contributed by atoms with Gasteiger partial charge in [0.1, 0.15) is 0 Å². The molecule has 1 saturated heterocycles. The van der Waals surface area contributed by atoms with E-state index >= 15 is 0 Å². The van der Waals surface area contributed by atoms with E-state index in [2.05, 4.69) is 20.5 Å². The summed E-state index contributed by atoms with van der Waals surface area (Å²) in [5, 5.41) is 15.3. The summed E-state index contributed by atoms with van der Waals surface area (Å²) in [6.45, 7) is 5.25. The van der Waals surface area contributed by atoms with Crippen molar-refractivity contribution in [3.63, 3.8) is 0 Å². The largest absolute Gasteiger partial charge is 0.393 e. The fourth-order valence-electron chi connectivity index (χ4n) is 2.75. The number of urea groups is 1. The molecule has 2 rings (SSSR count). The van der Waals surface area contributed by atoms with Gasteiger partial charge in [0.25, 0.3) is 0 Å². The van der Waals surface area contributed by atoms with Crippen molar-refractivity contribution in [2.75, 3.05) is 19.6 Å². The smallest absolute Gasteiger partial charge is 0.315 e. The molecule has 1 fully saturated rings. The maximum atomic E-state index is 11.8. The number of rotatable bonds is 7. The summed E-state index contributed by atoms with van der Waals surface area (Å²) >= 11 is 0. The first kappa shape index (κ1) is 17.7. The number of carbonyl (C=O) groups is 1. The fourth-order valence-corrected chi connectivity index (χ4v) is 2.75. The van der Waals surface area contributed by atoms with Crippen LogP contribution in [-0.4, -0.2) is 52.8 Å². The molecule has 1 aliphatic rings. The number of aliphatic hydroxyl groups is 1. The first-order chi connectivity index (χ1) is 11.2. The van der Waals surface area contributed by atoms with Gasteiger partial charge in [-0.05, 0) is 37.8 Å². The van der Waals surface area contributed by atoms with Gasteiger partial charge in [0.05, 0.1) is 11.8 Å². The zero-order valence-corrected chi connectivity index (χ0v) is 13.9. The Labute approximate surface area is 138 Å². The van der Waals surface area contributed by atoms with Gasteiger partial charge in [-0.1, -0.05) is 13.0 Å². The highest BCUT2D eigenvalue weighted by atomic mass is 16.3. The maximum Gasteiger partial charge on any atom is 0.315 e. The van der Waals surface area contributed by atoms with Crippen molar-refractivity contribution in [2.24, 2.45) is 0 Å². The van der Waals surface area contributed by atoms with Crippen molar-refractivity contribution in [2.45, 2.75) is 51.3 Å². The van der Waals surface area contributed by atoms with Crippen LogP contribution in [-0.2, 0) is 6.54 Å². The zero-order chi connectivity index (χ0) is 16.5. The Morgan fingerprint density at radius 2 is 2.22 bits per heavy atom. The highest BCUT2D eigenvalue weighted by molar-refractivity contribution is 5.74. The SMILES string of the molecule is CCC(O)CCNC(=O)NC1CCN(Cc2ccccn2)CC1. The number of carbonyl (C=O) groups excluding carboxylic acids is 1. The second-order valence-electron chi connectivity index (χ2n) is 6.12. The van der Waals surface area contributed by atoms with E-state index < -0.39 is 0 Å². The monoisotopic (exact) mass is 320 g/mol. The molecule has 0 aromatic carbocycles. The van der Waals surface area contributed by atoms with Gasteiger partial charge in [0.2, 0.25) is 0 Å². The van der Waals surface area contributed by atoms with Crippen molar-refractivity contribution in [1.82, 2.24) is 20.5 Å². The number of aromatic nitrogens is 1. The Kier molecular flexibility index (Phi) is 7.29. The average Bonchev–Trinajstić information content (AvgIpc) is 2.57. The van der Waals surface area contributed by atoms with Gasteiger partial charge >= 0.3 is 6.03 Å². The molecule has 0 bridgehead atoms. The molecule has 0 radical (unpaired) electrons. The number of likely N-dealkylation sites (tertiary alicyclic amines) is 1. The number of hydrogen-bond acceptors (Lipinski definition) is 4. The first-order valence-corrected chi connectivity index (χ1v) is 8.52. The molecule has 128 valence electrons. The molecule has 1 atom stereocenters. The molecular weight excluding hydrogens is 292 g/mol. The Balaban J connectivity index is 1.61. The van der Waals surface area contributed by atoms with Crippen molar-refractivity contribution in [3.8, 4) is 0 Å². The number of pyridine rings is 1. The van der Waals surface area contributed by atoms with Crippen LogP contribution in [0.2, 0.25) is 0 Å². The molecular formula is C17H28N4O2. The van der Waals surface area contributed by atoms with E-state index in [4.69, 9.17) is 0 Å². The minimum atomic E-state index is -0.329. The van der Waals surface area contributed by atoms with Crippen LogP contribution >= 0.6 is 0 Å². The number of hydrogen-bond donors (Lipinski definition) is 3. The summed E-state index contributed by atoms with van der Waals surface area (Å²) in [5.74, 6) is 0. The minimum Gasteiger partial charge on any atom is -0.393 e. The topological polar surface area (TPSA) is 77.5 Å². The molecule has 1 aromatic heterocycles. The van der Waals surface area contributed by atoms with Crippen molar-refractivity contribution >= 4 is 6.03 Å². The summed E-state index contributed by atoms with van der Waals surface area (Å²) in [6, 6.07) is 6.08. The van der Waals surface area contributed by atoms with Crippen LogP contribution in [0, 0.1) is 0 Å². The maximum absolute atomic E-state index is 11.8. The van der Waals surface area contributed by atoms with E-state index in [1.807, 2.05) is 31.3 Å². The van der Waals surface area contributed by atoms with E-state index in [0.717, 1.165) is 44.6 Å². The summed E-state index contributed by atoms with van der Waals surface area (Å²) in [4.78, 5) is 18.6.